The Morgan fingerprint density at radius 2 is 1.63 bits per heavy atom. The summed E-state index contributed by atoms with van der Waals surface area (Å²) in [5, 5.41) is 0. The molecule has 19 heavy (non-hydrogen) atoms. The van der Waals surface area contributed by atoms with E-state index in [1.807, 2.05) is 22.6 Å². The van der Waals surface area contributed by atoms with Gasteiger partial charge in [-0.25, -0.2) is 17.2 Å². The third-order valence-corrected chi connectivity index (χ3v) is 4.35. The molecule has 0 unspecified atom stereocenters. The molecular formula is C12H8F2INO2S. The Bertz CT molecular complexity index is 702. The first-order valence-electron chi connectivity index (χ1n) is 5.12. The minimum atomic E-state index is -3.92. The van der Waals surface area contributed by atoms with Crippen molar-refractivity contribution in [2.24, 2.45) is 0 Å². The molecule has 0 aliphatic heterocycles. The van der Waals surface area contributed by atoms with Crippen LogP contribution in [-0.4, -0.2) is 8.42 Å². The van der Waals surface area contributed by atoms with E-state index in [1.165, 1.54) is 12.1 Å². The summed E-state index contributed by atoms with van der Waals surface area (Å²) in [7, 11) is -3.92. The molecule has 0 radical (unpaired) electrons. The summed E-state index contributed by atoms with van der Waals surface area (Å²) in [6.45, 7) is 0. The molecule has 0 bridgehead atoms. The van der Waals surface area contributed by atoms with Gasteiger partial charge >= 0.3 is 0 Å². The Morgan fingerprint density at radius 3 is 2.21 bits per heavy atom. The van der Waals surface area contributed by atoms with Gasteiger partial charge in [-0.2, -0.15) is 0 Å². The normalized spacial score (nSPS) is 11.3. The average Bonchev–Trinajstić information content (AvgIpc) is 2.33. The summed E-state index contributed by atoms with van der Waals surface area (Å²) in [5.41, 5.74) is -0.148. The van der Waals surface area contributed by atoms with E-state index in [4.69, 9.17) is 0 Å². The monoisotopic (exact) mass is 395 g/mol. The van der Waals surface area contributed by atoms with Crippen LogP contribution >= 0.6 is 22.6 Å². The molecule has 0 atom stereocenters. The smallest absolute Gasteiger partial charge is 0.261 e. The molecule has 100 valence electrons. The van der Waals surface area contributed by atoms with E-state index in [0.717, 1.165) is 24.3 Å². The van der Waals surface area contributed by atoms with E-state index in [0.29, 0.717) is 3.57 Å². The predicted molar refractivity (Wildman–Crippen MR) is 76.3 cm³/mol. The van der Waals surface area contributed by atoms with Gasteiger partial charge in [-0.3, -0.25) is 4.72 Å². The number of benzene rings is 2. The maximum atomic E-state index is 13.6. The van der Waals surface area contributed by atoms with Crippen molar-refractivity contribution in [3.63, 3.8) is 0 Å². The van der Waals surface area contributed by atoms with Crippen LogP contribution in [0.5, 0.6) is 0 Å². The highest BCUT2D eigenvalue weighted by atomic mass is 127. The van der Waals surface area contributed by atoms with Crippen LogP contribution in [0.2, 0.25) is 0 Å². The molecule has 0 aliphatic carbocycles. The molecule has 1 N–H and O–H groups in total. The summed E-state index contributed by atoms with van der Waals surface area (Å²) in [6.07, 6.45) is 0. The van der Waals surface area contributed by atoms with Crippen LogP contribution in [0.1, 0.15) is 0 Å². The second-order valence-electron chi connectivity index (χ2n) is 3.68. The lowest BCUT2D eigenvalue weighted by Crippen LogP contribution is -2.14. The number of sulfonamides is 1. The Balaban J connectivity index is 2.33. The number of hydrogen-bond donors (Lipinski definition) is 1. The van der Waals surface area contributed by atoms with Crippen molar-refractivity contribution in [1.29, 1.82) is 0 Å². The maximum Gasteiger partial charge on any atom is 0.261 e. The van der Waals surface area contributed by atoms with Crippen molar-refractivity contribution >= 4 is 38.3 Å². The number of anilines is 1. The quantitative estimate of drug-likeness (QED) is 0.811. The summed E-state index contributed by atoms with van der Waals surface area (Å²) < 4.78 is 53.0. The van der Waals surface area contributed by atoms with Crippen molar-refractivity contribution in [1.82, 2.24) is 0 Å². The van der Waals surface area contributed by atoms with Crippen LogP contribution in [0, 0.1) is 15.2 Å². The number of rotatable bonds is 3. The minimum absolute atomic E-state index is 0.133. The van der Waals surface area contributed by atoms with Crippen LogP contribution in [0.4, 0.5) is 14.5 Å². The van der Waals surface area contributed by atoms with Crippen molar-refractivity contribution < 1.29 is 17.2 Å². The number of hydrogen-bond acceptors (Lipinski definition) is 2. The molecule has 2 aromatic carbocycles. The summed E-state index contributed by atoms with van der Waals surface area (Å²) in [5.74, 6) is -1.21. The van der Waals surface area contributed by atoms with Crippen LogP contribution in [0.3, 0.4) is 0 Å². The lowest BCUT2D eigenvalue weighted by Gasteiger charge is -2.09. The predicted octanol–water partition coefficient (Wildman–Crippen LogP) is 3.37. The maximum absolute atomic E-state index is 13.6. The van der Waals surface area contributed by atoms with E-state index < -0.39 is 21.7 Å². The fraction of sp³-hybridized carbons (Fsp3) is 0. The van der Waals surface area contributed by atoms with Crippen molar-refractivity contribution in [3.8, 4) is 0 Å². The van der Waals surface area contributed by atoms with Crippen molar-refractivity contribution in [3.05, 3.63) is 57.7 Å². The van der Waals surface area contributed by atoms with Gasteiger partial charge in [-0.05, 0) is 65.1 Å². The van der Waals surface area contributed by atoms with Gasteiger partial charge in [0.2, 0.25) is 0 Å². The fourth-order valence-corrected chi connectivity index (χ4v) is 2.91. The molecule has 0 saturated heterocycles. The minimum Gasteiger partial charge on any atom is -0.277 e. The molecular weight excluding hydrogens is 387 g/mol. The van der Waals surface area contributed by atoms with Gasteiger partial charge in [0.05, 0.1) is 10.6 Å². The molecule has 0 aromatic heterocycles. The first kappa shape index (κ1) is 14.2. The van der Waals surface area contributed by atoms with Gasteiger partial charge in [0.25, 0.3) is 10.0 Å². The molecule has 3 nitrogen and oxygen atoms in total. The highest BCUT2D eigenvalue weighted by Crippen LogP contribution is 2.21. The summed E-state index contributed by atoms with van der Waals surface area (Å²) in [4.78, 5) is -0.133. The summed E-state index contributed by atoms with van der Waals surface area (Å²) in [6, 6.07) is 8.40. The molecule has 0 amide bonds. The van der Waals surface area contributed by atoms with Gasteiger partial charge in [0.1, 0.15) is 11.6 Å². The third kappa shape index (κ3) is 3.41. The second-order valence-corrected chi connectivity index (χ2v) is 6.61. The average molecular weight is 395 g/mol. The highest BCUT2D eigenvalue weighted by molar-refractivity contribution is 14.1. The highest BCUT2D eigenvalue weighted by Gasteiger charge is 2.16. The van der Waals surface area contributed by atoms with E-state index in [9.17, 15) is 17.2 Å². The molecule has 2 rings (SSSR count). The van der Waals surface area contributed by atoms with Gasteiger partial charge in [0.15, 0.2) is 0 Å². The zero-order valence-corrected chi connectivity index (χ0v) is 12.4. The summed E-state index contributed by atoms with van der Waals surface area (Å²) >= 11 is 1.92. The zero-order valence-electron chi connectivity index (χ0n) is 9.40. The Kier molecular flexibility index (Phi) is 4.04. The van der Waals surface area contributed by atoms with Gasteiger partial charge in [0, 0.05) is 3.57 Å². The van der Waals surface area contributed by atoms with E-state index in [2.05, 4.69) is 4.72 Å². The number of halogens is 3. The Hall–Kier alpha value is -1.22. The molecule has 0 heterocycles. The number of nitrogens with one attached hydrogen (secondary N) is 1. The topological polar surface area (TPSA) is 46.2 Å². The lowest BCUT2D eigenvalue weighted by molar-refractivity contribution is 0.597. The van der Waals surface area contributed by atoms with E-state index in [-0.39, 0.29) is 10.6 Å². The second kappa shape index (κ2) is 5.41. The largest absolute Gasteiger partial charge is 0.277 e. The Labute approximate surface area is 122 Å². The van der Waals surface area contributed by atoms with Crippen molar-refractivity contribution in [2.45, 2.75) is 4.90 Å². The molecule has 2 aromatic rings. The third-order valence-electron chi connectivity index (χ3n) is 2.30. The molecule has 0 fully saturated rings. The van der Waals surface area contributed by atoms with Crippen LogP contribution in [0.15, 0.2) is 47.4 Å². The first-order chi connectivity index (χ1) is 8.88. The fourth-order valence-electron chi connectivity index (χ4n) is 1.39. The van der Waals surface area contributed by atoms with E-state index in [1.54, 1.807) is 6.07 Å². The van der Waals surface area contributed by atoms with Crippen LogP contribution < -0.4 is 4.72 Å². The lowest BCUT2D eigenvalue weighted by atomic mass is 10.3. The van der Waals surface area contributed by atoms with Gasteiger partial charge < -0.3 is 0 Å². The van der Waals surface area contributed by atoms with Gasteiger partial charge in [-0.15, -0.1) is 0 Å². The molecule has 0 spiro atoms. The van der Waals surface area contributed by atoms with Crippen LogP contribution in [0.25, 0.3) is 0 Å². The first-order valence-corrected chi connectivity index (χ1v) is 7.68. The van der Waals surface area contributed by atoms with Gasteiger partial charge in [-0.1, -0.05) is 0 Å². The standard InChI is InChI=1S/C12H8F2INO2S/c13-8-1-4-10(5-2-8)19(17,18)16-12-6-3-9(15)7-11(12)14/h1-7,16H. The van der Waals surface area contributed by atoms with E-state index >= 15 is 0 Å². The van der Waals surface area contributed by atoms with Crippen LogP contribution in [-0.2, 0) is 10.0 Å². The molecule has 0 saturated carbocycles. The van der Waals surface area contributed by atoms with Crippen molar-refractivity contribution in [2.75, 3.05) is 4.72 Å². The molecule has 0 aliphatic rings. The zero-order chi connectivity index (χ0) is 14.0. The SMILES string of the molecule is O=S(=O)(Nc1ccc(I)cc1F)c1ccc(F)cc1. The molecule has 7 heteroatoms. The Morgan fingerprint density at radius 1 is 1.00 bits per heavy atom.